The SMILES string of the molecule is CC1CCCN1CCc1ccc(-c2ccc(S(=O)(=O)O)cc2)cc1.NCc1ccc(Cl)cc1. The summed E-state index contributed by atoms with van der Waals surface area (Å²) in [6.07, 6.45) is 3.66. The standard InChI is InChI=1S/C19H23NO3S.C7H8ClN/c1-15-3-2-13-20(15)14-12-16-4-6-17(7-5-16)18-8-10-19(11-9-18)24(21,22)23;8-7-3-1-6(5-9)2-4-7/h4-11,15H,2-3,12-14H2,1H3,(H,21,22,23);1-4H,5,9H2. The van der Waals surface area contributed by atoms with E-state index in [2.05, 4.69) is 36.1 Å². The van der Waals surface area contributed by atoms with Crippen molar-refractivity contribution in [1.82, 2.24) is 4.90 Å². The number of halogens is 1. The lowest BCUT2D eigenvalue weighted by Crippen LogP contribution is -2.28. The molecule has 176 valence electrons. The Morgan fingerprint density at radius 2 is 1.48 bits per heavy atom. The van der Waals surface area contributed by atoms with Crippen molar-refractivity contribution >= 4 is 21.7 Å². The second kappa shape index (κ2) is 11.8. The van der Waals surface area contributed by atoms with E-state index in [0.29, 0.717) is 12.6 Å². The molecule has 1 atom stereocenters. The van der Waals surface area contributed by atoms with Crippen LogP contribution in [0.25, 0.3) is 11.1 Å². The zero-order valence-electron chi connectivity index (χ0n) is 18.8. The fraction of sp³-hybridized carbons (Fsp3) is 0.308. The maximum atomic E-state index is 11.1. The van der Waals surface area contributed by atoms with E-state index < -0.39 is 10.1 Å². The molecule has 0 aromatic heterocycles. The molecule has 7 heteroatoms. The molecule has 3 aromatic rings. The molecule has 1 saturated heterocycles. The van der Waals surface area contributed by atoms with Crippen LogP contribution in [0.2, 0.25) is 5.02 Å². The minimum absolute atomic E-state index is 0.0809. The number of rotatable bonds is 6. The van der Waals surface area contributed by atoms with E-state index in [1.165, 1.54) is 37.1 Å². The summed E-state index contributed by atoms with van der Waals surface area (Å²) in [6, 6.07) is 22.9. The minimum atomic E-state index is -4.13. The smallest absolute Gasteiger partial charge is 0.294 e. The van der Waals surface area contributed by atoms with E-state index in [4.69, 9.17) is 21.9 Å². The van der Waals surface area contributed by atoms with E-state index in [-0.39, 0.29) is 4.90 Å². The van der Waals surface area contributed by atoms with Crippen LogP contribution in [0.15, 0.2) is 77.7 Å². The summed E-state index contributed by atoms with van der Waals surface area (Å²) >= 11 is 5.63. The van der Waals surface area contributed by atoms with Crippen LogP contribution >= 0.6 is 11.6 Å². The van der Waals surface area contributed by atoms with Crippen LogP contribution in [0.1, 0.15) is 30.9 Å². The molecule has 1 heterocycles. The average molecular weight is 487 g/mol. The molecule has 0 bridgehead atoms. The van der Waals surface area contributed by atoms with E-state index >= 15 is 0 Å². The number of hydrogen-bond acceptors (Lipinski definition) is 4. The van der Waals surface area contributed by atoms with Crippen molar-refractivity contribution < 1.29 is 13.0 Å². The van der Waals surface area contributed by atoms with Crippen LogP contribution in [0.3, 0.4) is 0 Å². The lowest BCUT2D eigenvalue weighted by atomic mass is 10.0. The Labute approximate surface area is 201 Å². The zero-order valence-corrected chi connectivity index (χ0v) is 20.4. The van der Waals surface area contributed by atoms with Crippen molar-refractivity contribution in [2.24, 2.45) is 5.73 Å². The van der Waals surface area contributed by atoms with Gasteiger partial charge in [-0.15, -0.1) is 0 Å². The number of likely N-dealkylation sites (tertiary alicyclic amines) is 1. The number of benzene rings is 3. The average Bonchev–Trinajstić information content (AvgIpc) is 3.23. The van der Waals surface area contributed by atoms with E-state index in [1.54, 1.807) is 12.1 Å². The maximum Gasteiger partial charge on any atom is 0.294 e. The first-order valence-corrected chi connectivity index (χ1v) is 12.9. The van der Waals surface area contributed by atoms with Crippen molar-refractivity contribution in [1.29, 1.82) is 0 Å². The first-order chi connectivity index (χ1) is 15.8. The quantitative estimate of drug-likeness (QED) is 0.454. The predicted molar refractivity (Wildman–Crippen MR) is 135 cm³/mol. The van der Waals surface area contributed by atoms with Crippen LogP contribution in [-0.2, 0) is 23.1 Å². The third-order valence-electron chi connectivity index (χ3n) is 5.97. The van der Waals surface area contributed by atoms with Gasteiger partial charge in [0.15, 0.2) is 0 Å². The summed E-state index contributed by atoms with van der Waals surface area (Å²) in [5.41, 5.74) is 9.75. The summed E-state index contributed by atoms with van der Waals surface area (Å²) in [6.45, 7) is 5.19. The summed E-state index contributed by atoms with van der Waals surface area (Å²) in [5, 5.41) is 0.757. The molecule has 1 aliphatic heterocycles. The Kier molecular flexibility index (Phi) is 9.06. The lowest BCUT2D eigenvalue weighted by molar-refractivity contribution is 0.272. The number of hydrogen-bond donors (Lipinski definition) is 2. The summed E-state index contributed by atoms with van der Waals surface area (Å²) in [5.74, 6) is 0. The van der Waals surface area contributed by atoms with Gasteiger partial charge in [0.05, 0.1) is 4.90 Å². The second-order valence-corrected chi connectivity index (χ2v) is 10.2. The molecule has 33 heavy (non-hydrogen) atoms. The van der Waals surface area contributed by atoms with Gasteiger partial charge in [-0.3, -0.25) is 4.55 Å². The van der Waals surface area contributed by atoms with Gasteiger partial charge in [0, 0.05) is 24.2 Å². The van der Waals surface area contributed by atoms with Crippen LogP contribution in [0.4, 0.5) is 0 Å². The molecule has 5 nitrogen and oxygen atoms in total. The molecule has 1 fully saturated rings. The van der Waals surface area contributed by atoms with E-state index in [1.807, 2.05) is 24.3 Å². The van der Waals surface area contributed by atoms with Gasteiger partial charge >= 0.3 is 0 Å². The van der Waals surface area contributed by atoms with Crippen LogP contribution in [0.5, 0.6) is 0 Å². The zero-order chi connectivity index (χ0) is 23.8. The van der Waals surface area contributed by atoms with Gasteiger partial charge in [0.2, 0.25) is 0 Å². The second-order valence-electron chi connectivity index (χ2n) is 8.30. The molecule has 4 rings (SSSR count). The molecule has 0 amide bonds. The third-order valence-corrected chi connectivity index (χ3v) is 7.09. The lowest BCUT2D eigenvalue weighted by Gasteiger charge is -2.20. The fourth-order valence-electron chi connectivity index (χ4n) is 3.90. The summed E-state index contributed by atoms with van der Waals surface area (Å²) in [4.78, 5) is 2.46. The molecule has 0 aliphatic carbocycles. The van der Waals surface area contributed by atoms with Crippen LogP contribution in [-0.4, -0.2) is 37.0 Å². The highest BCUT2D eigenvalue weighted by molar-refractivity contribution is 7.85. The summed E-state index contributed by atoms with van der Waals surface area (Å²) in [7, 11) is -4.13. The number of nitrogens with two attached hydrogens (primary N) is 1. The monoisotopic (exact) mass is 486 g/mol. The molecule has 0 saturated carbocycles. The first kappa shape index (κ1) is 25.4. The third kappa shape index (κ3) is 7.66. The van der Waals surface area contributed by atoms with Gasteiger partial charge in [-0.1, -0.05) is 60.1 Å². The van der Waals surface area contributed by atoms with Gasteiger partial charge in [-0.2, -0.15) is 8.42 Å². The van der Waals surface area contributed by atoms with E-state index in [9.17, 15) is 8.42 Å². The molecule has 1 aliphatic rings. The highest BCUT2D eigenvalue weighted by Crippen LogP contribution is 2.23. The Bertz CT molecular complexity index is 1120. The Hall–Kier alpha value is -2.22. The maximum absolute atomic E-state index is 11.1. The normalized spacial score (nSPS) is 16.3. The molecule has 3 N–H and O–H groups in total. The van der Waals surface area contributed by atoms with Crippen molar-refractivity contribution in [3.8, 4) is 11.1 Å². The largest absolute Gasteiger partial charge is 0.326 e. The first-order valence-electron chi connectivity index (χ1n) is 11.1. The van der Waals surface area contributed by atoms with Crippen LogP contribution < -0.4 is 5.73 Å². The van der Waals surface area contributed by atoms with Crippen LogP contribution in [0, 0.1) is 0 Å². The molecule has 3 aromatic carbocycles. The molecule has 0 spiro atoms. The molecular weight excluding hydrogens is 456 g/mol. The van der Waals surface area contributed by atoms with Crippen molar-refractivity contribution in [3.05, 3.63) is 88.9 Å². The van der Waals surface area contributed by atoms with Gasteiger partial charge in [-0.25, -0.2) is 0 Å². The highest BCUT2D eigenvalue weighted by atomic mass is 35.5. The van der Waals surface area contributed by atoms with Gasteiger partial charge in [0.1, 0.15) is 0 Å². The molecule has 1 unspecified atom stereocenters. The topological polar surface area (TPSA) is 83.6 Å². The Morgan fingerprint density at radius 1 is 0.939 bits per heavy atom. The van der Waals surface area contributed by atoms with Gasteiger partial charge < -0.3 is 10.6 Å². The van der Waals surface area contributed by atoms with Gasteiger partial charge in [0.25, 0.3) is 10.1 Å². The number of nitrogens with zero attached hydrogens (tertiary/aromatic N) is 1. The summed E-state index contributed by atoms with van der Waals surface area (Å²) < 4.78 is 31.2. The fourth-order valence-corrected chi connectivity index (χ4v) is 4.51. The van der Waals surface area contributed by atoms with Crippen molar-refractivity contribution in [2.75, 3.05) is 13.1 Å². The Morgan fingerprint density at radius 3 is 1.97 bits per heavy atom. The highest BCUT2D eigenvalue weighted by Gasteiger charge is 2.19. The Balaban J connectivity index is 0.000000286. The van der Waals surface area contributed by atoms with Crippen molar-refractivity contribution in [2.45, 2.75) is 43.7 Å². The van der Waals surface area contributed by atoms with Crippen molar-refractivity contribution in [3.63, 3.8) is 0 Å². The molecular formula is C26H31ClN2O3S. The molecule has 0 radical (unpaired) electrons. The predicted octanol–water partition coefficient (Wildman–Crippen LogP) is 5.43. The van der Waals surface area contributed by atoms with E-state index in [0.717, 1.165) is 34.7 Å². The minimum Gasteiger partial charge on any atom is -0.326 e. The van der Waals surface area contributed by atoms with Gasteiger partial charge in [-0.05, 0) is 79.3 Å².